The summed E-state index contributed by atoms with van der Waals surface area (Å²) in [4.78, 5) is 13.6. The summed E-state index contributed by atoms with van der Waals surface area (Å²) in [6.45, 7) is 1.69. The van der Waals surface area contributed by atoms with Gasteiger partial charge in [-0.3, -0.25) is 4.79 Å². The Hall–Kier alpha value is -0.970. The summed E-state index contributed by atoms with van der Waals surface area (Å²) in [6, 6.07) is 5.08. The van der Waals surface area contributed by atoms with Gasteiger partial charge in [-0.1, -0.05) is 23.2 Å². The minimum absolute atomic E-state index is 0.0704. The minimum Gasteiger partial charge on any atom is -0.493 e. The van der Waals surface area contributed by atoms with Gasteiger partial charge in [0.15, 0.2) is 0 Å². The fourth-order valence-electron chi connectivity index (χ4n) is 2.04. The van der Waals surface area contributed by atoms with Crippen molar-refractivity contribution in [2.45, 2.75) is 18.9 Å². The lowest BCUT2D eigenvalue weighted by Crippen LogP contribution is -2.32. The van der Waals surface area contributed by atoms with Crippen LogP contribution in [0.1, 0.15) is 12.8 Å². The number of hydrogen-bond acceptors (Lipinski definition) is 3. The molecule has 2 N–H and O–H groups in total. The van der Waals surface area contributed by atoms with Gasteiger partial charge in [-0.25, -0.2) is 0 Å². The van der Waals surface area contributed by atoms with Crippen LogP contribution in [-0.4, -0.2) is 36.5 Å². The number of rotatable bonds is 4. The molecule has 0 bridgehead atoms. The highest BCUT2D eigenvalue weighted by atomic mass is 35.5. The molecule has 4 nitrogen and oxygen atoms in total. The van der Waals surface area contributed by atoms with E-state index in [0.29, 0.717) is 35.4 Å². The maximum absolute atomic E-state index is 11.9. The molecule has 1 aromatic rings. The third kappa shape index (κ3) is 4.27. The van der Waals surface area contributed by atoms with Gasteiger partial charge in [-0.15, -0.1) is 0 Å². The van der Waals surface area contributed by atoms with E-state index in [0.717, 1.165) is 13.0 Å². The van der Waals surface area contributed by atoms with Gasteiger partial charge in [0.2, 0.25) is 5.91 Å². The van der Waals surface area contributed by atoms with Gasteiger partial charge < -0.3 is 15.4 Å². The second-order valence-corrected chi connectivity index (χ2v) is 5.46. The van der Waals surface area contributed by atoms with Crippen molar-refractivity contribution >= 4 is 29.1 Å². The lowest BCUT2D eigenvalue weighted by Gasteiger charge is -2.15. The third-order valence-electron chi connectivity index (χ3n) is 3.00. The predicted octanol–water partition coefficient (Wildman–Crippen LogP) is 2.32. The monoisotopic (exact) mass is 302 g/mol. The van der Waals surface area contributed by atoms with Crippen LogP contribution in [0.25, 0.3) is 0 Å². The van der Waals surface area contributed by atoms with Gasteiger partial charge in [0.1, 0.15) is 5.75 Å². The number of ether oxygens (including phenoxy) is 1. The van der Waals surface area contributed by atoms with Crippen LogP contribution >= 0.6 is 23.2 Å². The van der Waals surface area contributed by atoms with Crippen LogP contribution < -0.4 is 10.5 Å². The molecule has 1 amide bonds. The van der Waals surface area contributed by atoms with E-state index in [4.69, 9.17) is 33.7 Å². The number of carbonyl (C=O) groups excluding carboxylic acids is 1. The van der Waals surface area contributed by atoms with Crippen LogP contribution in [-0.2, 0) is 4.79 Å². The van der Waals surface area contributed by atoms with Crippen molar-refractivity contribution in [3.05, 3.63) is 28.2 Å². The van der Waals surface area contributed by atoms with E-state index in [1.54, 1.807) is 23.1 Å². The Morgan fingerprint density at radius 3 is 2.63 bits per heavy atom. The second-order valence-electron chi connectivity index (χ2n) is 4.59. The van der Waals surface area contributed by atoms with Gasteiger partial charge in [-0.05, 0) is 24.6 Å². The molecule has 0 radical (unpaired) electrons. The maximum atomic E-state index is 11.9. The fraction of sp³-hybridized carbons (Fsp3) is 0.462. The lowest BCUT2D eigenvalue weighted by atomic mass is 10.3. The van der Waals surface area contributed by atoms with Crippen molar-refractivity contribution in [2.24, 2.45) is 5.73 Å². The molecule has 1 atom stereocenters. The Labute approximate surface area is 122 Å². The lowest BCUT2D eigenvalue weighted by molar-refractivity contribution is -0.130. The Morgan fingerprint density at radius 2 is 2.05 bits per heavy atom. The summed E-state index contributed by atoms with van der Waals surface area (Å²) in [6.07, 6.45) is 1.20. The molecule has 0 aromatic heterocycles. The van der Waals surface area contributed by atoms with E-state index in [9.17, 15) is 4.79 Å². The van der Waals surface area contributed by atoms with Crippen molar-refractivity contribution in [3.8, 4) is 5.75 Å². The van der Waals surface area contributed by atoms with Crippen LogP contribution in [0.4, 0.5) is 0 Å². The first kappa shape index (κ1) is 14.4. The average Bonchev–Trinajstić information content (AvgIpc) is 2.74. The fourth-order valence-corrected chi connectivity index (χ4v) is 2.55. The summed E-state index contributed by atoms with van der Waals surface area (Å²) in [7, 11) is 0. The zero-order valence-electron chi connectivity index (χ0n) is 10.4. The molecule has 1 fully saturated rings. The zero-order valence-corrected chi connectivity index (χ0v) is 12.0. The van der Waals surface area contributed by atoms with E-state index in [1.807, 2.05) is 0 Å². The van der Waals surface area contributed by atoms with Crippen molar-refractivity contribution in [1.29, 1.82) is 0 Å². The van der Waals surface area contributed by atoms with Gasteiger partial charge in [-0.2, -0.15) is 0 Å². The van der Waals surface area contributed by atoms with Crippen LogP contribution in [0.15, 0.2) is 18.2 Å². The Morgan fingerprint density at radius 1 is 1.37 bits per heavy atom. The Balaban J connectivity index is 1.78. The molecular formula is C13H16Cl2N2O2. The zero-order chi connectivity index (χ0) is 13.8. The molecule has 19 heavy (non-hydrogen) atoms. The average molecular weight is 303 g/mol. The van der Waals surface area contributed by atoms with E-state index in [1.165, 1.54) is 0 Å². The first-order chi connectivity index (χ1) is 9.04. The smallest absolute Gasteiger partial charge is 0.226 e. The molecule has 2 rings (SSSR count). The Kier molecular flexibility index (Phi) is 4.91. The predicted molar refractivity (Wildman–Crippen MR) is 75.7 cm³/mol. The van der Waals surface area contributed by atoms with Crippen molar-refractivity contribution in [2.75, 3.05) is 19.7 Å². The van der Waals surface area contributed by atoms with E-state index in [-0.39, 0.29) is 11.9 Å². The van der Waals surface area contributed by atoms with Gasteiger partial charge in [0, 0.05) is 29.2 Å². The summed E-state index contributed by atoms with van der Waals surface area (Å²) in [5.74, 6) is 0.643. The first-order valence-corrected chi connectivity index (χ1v) is 6.92. The number of hydrogen-bond donors (Lipinski definition) is 1. The second kappa shape index (κ2) is 6.46. The highest BCUT2D eigenvalue weighted by Gasteiger charge is 2.23. The first-order valence-electron chi connectivity index (χ1n) is 6.17. The highest BCUT2D eigenvalue weighted by Crippen LogP contribution is 2.24. The molecule has 6 heteroatoms. The third-order valence-corrected chi connectivity index (χ3v) is 3.43. The number of benzene rings is 1. The largest absolute Gasteiger partial charge is 0.493 e. The highest BCUT2D eigenvalue weighted by molar-refractivity contribution is 6.34. The van der Waals surface area contributed by atoms with Crippen molar-refractivity contribution < 1.29 is 9.53 Å². The molecule has 1 aliphatic rings. The van der Waals surface area contributed by atoms with Crippen LogP contribution in [0.5, 0.6) is 5.75 Å². The van der Waals surface area contributed by atoms with Crippen LogP contribution in [0, 0.1) is 0 Å². The number of carbonyl (C=O) groups is 1. The van der Waals surface area contributed by atoms with E-state index >= 15 is 0 Å². The van der Waals surface area contributed by atoms with E-state index < -0.39 is 0 Å². The number of halogens is 2. The standard InChI is InChI=1S/C13H16Cl2N2O2/c14-9-5-10(15)7-12(6-9)19-4-2-13(18)17-3-1-11(16)8-17/h5-7,11H,1-4,8,16H2. The van der Waals surface area contributed by atoms with Gasteiger partial charge >= 0.3 is 0 Å². The summed E-state index contributed by atoms with van der Waals surface area (Å²) >= 11 is 11.7. The van der Waals surface area contributed by atoms with Gasteiger partial charge in [0.05, 0.1) is 13.0 Å². The molecule has 1 aliphatic heterocycles. The number of likely N-dealkylation sites (tertiary alicyclic amines) is 1. The molecule has 1 saturated heterocycles. The summed E-state index contributed by atoms with van der Waals surface area (Å²) in [5, 5.41) is 1.03. The topological polar surface area (TPSA) is 55.6 Å². The summed E-state index contributed by atoms with van der Waals surface area (Å²) < 4.78 is 5.48. The maximum Gasteiger partial charge on any atom is 0.226 e. The van der Waals surface area contributed by atoms with E-state index in [2.05, 4.69) is 0 Å². The molecule has 0 saturated carbocycles. The number of nitrogens with two attached hydrogens (primary N) is 1. The van der Waals surface area contributed by atoms with Crippen molar-refractivity contribution in [3.63, 3.8) is 0 Å². The molecule has 1 aromatic carbocycles. The molecule has 1 unspecified atom stereocenters. The number of nitrogens with zero attached hydrogens (tertiary/aromatic N) is 1. The van der Waals surface area contributed by atoms with Gasteiger partial charge in [0.25, 0.3) is 0 Å². The van der Waals surface area contributed by atoms with Crippen molar-refractivity contribution in [1.82, 2.24) is 4.90 Å². The van der Waals surface area contributed by atoms with Crippen LogP contribution in [0.3, 0.4) is 0 Å². The number of amides is 1. The SMILES string of the molecule is NC1CCN(C(=O)CCOc2cc(Cl)cc(Cl)c2)C1. The minimum atomic E-state index is 0.0704. The molecular weight excluding hydrogens is 287 g/mol. The normalized spacial score (nSPS) is 18.7. The summed E-state index contributed by atoms with van der Waals surface area (Å²) in [5.41, 5.74) is 5.76. The molecule has 0 spiro atoms. The Bertz CT molecular complexity index is 448. The molecule has 1 heterocycles. The quantitative estimate of drug-likeness (QED) is 0.928. The van der Waals surface area contributed by atoms with Crippen LogP contribution in [0.2, 0.25) is 10.0 Å². The molecule has 104 valence electrons. The molecule has 0 aliphatic carbocycles.